The molecule has 0 unspecified atom stereocenters. The van der Waals surface area contributed by atoms with Crippen LogP contribution in [0.15, 0.2) is 48.5 Å². The summed E-state index contributed by atoms with van der Waals surface area (Å²) in [4.78, 5) is 13.7. The number of nitrogens with zero attached hydrogens (tertiary/aromatic N) is 1. The third kappa shape index (κ3) is 3.18. The van der Waals surface area contributed by atoms with Crippen LogP contribution in [0.3, 0.4) is 0 Å². The SMILES string of the molecule is COc1ccc(CN(C)c2ccccc2C(C)=O)cc1. The Bertz CT molecular complexity index is 590. The highest BCUT2D eigenvalue weighted by molar-refractivity contribution is 5.99. The second-order valence-electron chi connectivity index (χ2n) is 4.78. The zero-order valence-electron chi connectivity index (χ0n) is 12.1. The molecule has 20 heavy (non-hydrogen) atoms. The average molecular weight is 269 g/mol. The number of benzene rings is 2. The van der Waals surface area contributed by atoms with Gasteiger partial charge in [0.05, 0.1) is 7.11 Å². The molecule has 0 amide bonds. The monoisotopic (exact) mass is 269 g/mol. The van der Waals surface area contributed by atoms with Gasteiger partial charge in [-0.2, -0.15) is 0 Å². The van der Waals surface area contributed by atoms with Gasteiger partial charge >= 0.3 is 0 Å². The molecule has 0 spiro atoms. The van der Waals surface area contributed by atoms with Crippen LogP contribution in [0, 0.1) is 0 Å². The topological polar surface area (TPSA) is 29.5 Å². The van der Waals surface area contributed by atoms with Crippen molar-refractivity contribution in [2.45, 2.75) is 13.5 Å². The van der Waals surface area contributed by atoms with Crippen LogP contribution in [0.5, 0.6) is 5.75 Å². The molecule has 0 aromatic heterocycles. The number of carbonyl (C=O) groups excluding carboxylic acids is 1. The first-order chi connectivity index (χ1) is 9.61. The number of para-hydroxylation sites is 1. The van der Waals surface area contributed by atoms with Crippen LogP contribution in [-0.4, -0.2) is 19.9 Å². The van der Waals surface area contributed by atoms with Gasteiger partial charge in [0.15, 0.2) is 5.78 Å². The first-order valence-electron chi connectivity index (χ1n) is 6.56. The number of ether oxygens (including phenoxy) is 1. The largest absolute Gasteiger partial charge is 0.497 e. The van der Waals surface area contributed by atoms with Crippen molar-refractivity contribution in [3.05, 3.63) is 59.7 Å². The summed E-state index contributed by atoms with van der Waals surface area (Å²) in [6.45, 7) is 2.34. The summed E-state index contributed by atoms with van der Waals surface area (Å²) in [5, 5.41) is 0. The van der Waals surface area contributed by atoms with Crippen LogP contribution < -0.4 is 9.64 Å². The number of ketones is 1. The fourth-order valence-corrected chi connectivity index (χ4v) is 2.19. The smallest absolute Gasteiger partial charge is 0.161 e. The molecule has 0 N–H and O–H groups in total. The number of Topliss-reactive ketones (excluding diaryl/α,β-unsaturated/α-hetero) is 1. The fourth-order valence-electron chi connectivity index (χ4n) is 2.19. The van der Waals surface area contributed by atoms with Crippen molar-refractivity contribution in [3.8, 4) is 5.75 Å². The van der Waals surface area contributed by atoms with E-state index in [2.05, 4.69) is 4.90 Å². The van der Waals surface area contributed by atoms with Gasteiger partial charge in [0.25, 0.3) is 0 Å². The Hall–Kier alpha value is -2.29. The number of hydrogen-bond acceptors (Lipinski definition) is 3. The zero-order valence-corrected chi connectivity index (χ0v) is 12.1. The number of rotatable bonds is 5. The van der Waals surface area contributed by atoms with E-state index in [4.69, 9.17) is 4.74 Å². The molecule has 0 fully saturated rings. The van der Waals surface area contributed by atoms with Crippen molar-refractivity contribution < 1.29 is 9.53 Å². The molecule has 0 radical (unpaired) electrons. The molecule has 0 bridgehead atoms. The van der Waals surface area contributed by atoms with Crippen molar-refractivity contribution >= 4 is 11.5 Å². The first-order valence-corrected chi connectivity index (χ1v) is 6.56. The minimum atomic E-state index is 0.0854. The lowest BCUT2D eigenvalue weighted by Gasteiger charge is -2.21. The van der Waals surface area contributed by atoms with Crippen LogP contribution in [-0.2, 0) is 6.54 Å². The molecule has 0 aliphatic rings. The third-order valence-corrected chi connectivity index (χ3v) is 3.27. The lowest BCUT2D eigenvalue weighted by atomic mass is 10.1. The Labute approximate surface area is 119 Å². The van der Waals surface area contributed by atoms with Gasteiger partial charge in [-0.1, -0.05) is 24.3 Å². The summed E-state index contributed by atoms with van der Waals surface area (Å²) >= 11 is 0. The molecular weight excluding hydrogens is 250 g/mol. The van der Waals surface area contributed by atoms with Crippen molar-refractivity contribution in [1.29, 1.82) is 0 Å². The lowest BCUT2D eigenvalue weighted by Crippen LogP contribution is -2.18. The molecule has 3 nitrogen and oxygen atoms in total. The Kier molecular flexibility index (Phi) is 4.41. The Morgan fingerprint density at radius 3 is 2.35 bits per heavy atom. The summed E-state index contributed by atoms with van der Waals surface area (Å²) in [6.07, 6.45) is 0. The maximum atomic E-state index is 11.7. The maximum Gasteiger partial charge on any atom is 0.161 e. The predicted octanol–water partition coefficient (Wildman–Crippen LogP) is 3.53. The van der Waals surface area contributed by atoms with Crippen LogP contribution >= 0.6 is 0 Å². The second kappa shape index (κ2) is 6.24. The van der Waals surface area contributed by atoms with E-state index in [1.165, 1.54) is 5.56 Å². The highest BCUT2D eigenvalue weighted by Crippen LogP contribution is 2.22. The highest BCUT2D eigenvalue weighted by atomic mass is 16.5. The van der Waals surface area contributed by atoms with Gasteiger partial charge in [-0.05, 0) is 36.8 Å². The molecule has 0 saturated heterocycles. The van der Waals surface area contributed by atoms with Crippen molar-refractivity contribution in [2.24, 2.45) is 0 Å². The Balaban J connectivity index is 2.19. The summed E-state index contributed by atoms with van der Waals surface area (Å²) in [5.41, 5.74) is 2.88. The van der Waals surface area contributed by atoms with Gasteiger partial charge in [0, 0.05) is 24.8 Å². The van der Waals surface area contributed by atoms with E-state index >= 15 is 0 Å². The van der Waals surface area contributed by atoms with E-state index in [-0.39, 0.29) is 5.78 Å². The normalized spacial score (nSPS) is 10.2. The molecule has 0 atom stereocenters. The molecule has 0 aliphatic carbocycles. The van der Waals surface area contributed by atoms with E-state index in [1.807, 2.05) is 55.6 Å². The van der Waals surface area contributed by atoms with Gasteiger partial charge in [0.2, 0.25) is 0 Å². The minimum absolute atomic E-state index is 0.0854. The molecule has 0 heterocycles. The van der Waals surface area contributed by atoms with Crippen molar-refractivity contribution in [3.63, 3.8) is 0 Å². The standard InChI is InChI=1S/C17H19NO2/c1-13(19)16-6-4-5-7-17(16)18(2)12-14-8-10-15(20-3)11-9-14/h4-11H,12H2,1-3H3. The maximum absolute atomic E-state index is 11.7. The first kappa shape index (κ1) is 14.1. The van der Waals surface area contributed by atoms with Crippen molar-refractivity contribution in [2.75, 3.05) is 19.1 Å². The highest BCUT2D eigenvalue weighted by Gasteiger charge is 2.10. The molecule has 0 saturated carbocycles. The molecule has 2 aromatic carbocycles. The summed E-state index contributed by atoms with van der Waals surface area (Å²) < 4.78 is 5.15. The molecule has 104 valence electrons. The minimum Gasteiger partial charge on any atom is -0.497 e. The summed E-state index contributed by atoms with van der Waals surface area (Å²) in [6, 6.07) is 15.6. The van der Waals surface area contributed by atoms with Gasteiger partial charge < -0.3 is 9.64 Å². The van der Waals surface area contributed by atoms with E-state index in [0.29, 0.717) is 0 Å². The van der Waals surface area contributed by atoms with Crippen LogP contribution in [0.25, 0.3) is 0 Å². The van der Waals surface area contributed by atoms with Gasteiger partial charge in [-0.15, -0.1) is 0 Å². The molecule has 0 aliphatic heterocycles. The quantitative estimate of drug-likeness (QED) is 0.778. The Morgan fingerprint density at radius 1 is 1.10 bits per heavy atom. The van der Waals surface area contributed by atoms with E-state index in [1.54, 1.807) is 14.0 Å². The molecular formula is C17H19NO2. The van der Waals surface area contributed by atoms with E-state index < -0.39 is 0 Å². The Morgan fingerprint density at radius 2 is 1.75 bits per heavy atom. The average Bonchev–Trinajstić information content (AvgIpc) is 2.48. The predicted molar refractivity (Wildman–Crippen MR) is 81.5 cm³/mol. The summed E-state index contributed by atoms with van der Waals surface area (Å²) in [7, 11) is 3.65. The van der Waals surface area contributed by atoms with E-state index in [0.717, 1.165) is 23.5 Å². The van der Waals surface area contributed by atoms with Crippen molar-refractivity contribution in [1.82, 2.24) is 0 Å². The number of carbonyl (C=O) groups is 1. The number of hydrogen-bond donors (Lipinski definition) is 0. The summed E-state index contributed by atoms with van der Waals surface area (Å²) in [5.74, 6) is 0.933. The molecule has 2 rings (SSSR count). The third-order valence-electron chi connectivity index (χ3n) is 3.27. The second-order valence-corrected chi connectivity index (χ2v) is 4.78. The van der Waals surface area contributed by atoms with Crippen LogP contribution in [0.4, 0.5) is 5.69 Å². The van der Waals surface area contributed by atoms with E-state index in [9.17, 15) is 4.79 Å². The molecule has 2 aromatic rings. The van der Waals surface area contributed by atoms with Gasteiger partial charge in [-0.3, -0.25) is 4.79 Å². The van der Waals surface area contributed by atoms with Gasteiger partial charge in [-0.25, -0.2) is 0 Å². The zero-order chi connectivity index (χ0) is 14.5. The lowest BCUT2D eigenvalue weighted by molar-refractivity contribution is 0.101. The fraction of sp³-hybridized carbons (Fsp3) is 0.235. The number of anilines is 1. The van der Waals surface area contributed by atoms with Crippen LogP contribution in [0.1, 0.15) is 22.8 Å². The van der Waals surface area contributed by atoms with Crippen LogP contribution in [0.2, 0.25) is 0 Å². The number of methoxy groups -OCH3 is 1. The molecule has 3 heteroatoms. The van der Waals surface area contributed by atoms with Gasteiger partial charge in [0.1, 0.15) is 5.75 Å².